The van der Waals surface area contributed by atoms with Crippen molar-refractivity contribution >= 4 is 21.9 Å². The molecule has 3 rings (SSSR count). The summed E-state index contributed by atoms with van der Waals surface area (Å²) in [5.41, 5.74) is 1.66. The fraction of sp³-hybridized carbons (Fsp3) is 0.167. The second-order valence-corrected chi connectivity index (χ2v) is 8.91. The van der Waals surface area contributed by atoms with Crippen molar-refractivity contribution in [1.82, 2.24) is 10.0 Å². The van der Waals surface area contributed by atoms with Crippen LogP contribution in [0.1, 0.15) is 21.5 Å². The van der Waals surface area contributed by atoms with E-state index in [2.05, 4.69) is 10.0 Å². The van der Waals surface area contributed by atoms with Crippen LogP contribution in [-0.4, -0.2) is 33.4 Å². The third-order valence-corrected chi connectivity index (χ3v) is 6.07. The van der Waals surface area contributed by atoms with Gasteiger partial charge < -0.3 is 10.1 Å². The summed E-state index contributed by atoms with van der Waals surface area (Å²) in [4.78, 5) is 24.1. The van der Waals surface area contributed by atoms with Crippen LogP contribution < -0.4 is 10.0 Å². The van der Waals surface area contributed by atoms with E-state index < -0.39 is 28.5 Å². The maximum Gasteiger partial charge on any atom is 0.338 e. The third kappa shape index (κ3) is 7.51. The molecule has 0 spiro atoms. The number of rotatable bonds is 10. The van der Waals surface area contributed by atoms with Crippen LogP contribution in [0.4, 0.5) is 4.39 Å². The van der Waals surface area contributed by atoms with Gasteiger partial charge in [0.2, 0.25) is 10.0 Å². The lowest BCUT2D eigenvalue weighted by Crippen LogP contribution is -2.30. The van der Waals surface area contributed by atoms with Crippen molar-refractivity contribution in [1.29, 1.82) is 0 Å². The predicted molar refractivity (Wildman–Crippen MR) is 120 cm³/mol. The van der Waals surface area contributed by atoms with Gasteiger partial charge in [-0.25, -0.2) is 22.3 Å². The number of esters is 1. The lowest BCUT2D eigenvalue weighted by molar-refractivity contribution is -0.124. The monoisotopic (exact) mass is 470 g/mol. The molecule has 0 aliphatic rings. The summed E-state index contributed by atoms with van der Waals surface area (Å²) in [6.45, 7) is -0.107. The normalized spacial score (nSPS) is 11.1. The summed E-state index contributed by atoms with van der Waals surface area (Å²) in [6.07, 6.45) is 0.496. The van der Waals surface area contributed by atoms with Crippen LogP contribution in [0.5, 0.6) is 0 Å². The molecule has 0 heterocycles. The molecule has 0 aromatic heterocycles. The van der Waals surface area contributed by atoms with E-state index in [4.69, 9.17) is 4.74 Å². The third-order valence-electron chi connectivity index (χ3n) is 4.67. The minimum Gasteiger partial charge on any atom is -0.452 e. The molecule has 0 radical (unpaired) electrons. The molecule has 172 valence electrons. The number of hydrogen-bond donors (Lipinski definition) is 2. The largest absolute Gasteiger partial charge is 0.452 e. The molecule has 0 aliphatic carbocycles. The van der Waals surface area contributed by atoms with E-state index in [-0.39, 0.29) is 22.8 Å². The van der Waals surface area contributed by atoms with Gasteiger partial charge in [0.15, 0.2) is 6.61 Å². The second-order valence-electron chi connectivity index (χ2n) is 7.14. The maximum absolute atomic E-state index is 12.9. The van der Waals surface area contributed by atoms with Crippen molar-refractivity contribution < 1.29 is 27.1 Å². The highest BCUT2D eigenvalue weighted by Crippen LogP contribution is 2.13. The standard InChI is InChI=1S/C24H23FN2O5S/c25-21-11-9-18(10-12-21)13-14-26-23(28)17-32-24(29)20-7-4-8-22(15-20)33(30,31)27-16-19-5-2-1-3-6-19/h1-12,15,27H,13-14,16-17H2,(H,26,28). The number of ether oxygens (including phenoxy) is 1. The molecule has 7 nitrogen and oxygen atoms in total. The van der Waals surface area contributed by atoms with Gasteiger partial charge in [-0.05, 0) is 47.9 Å². The Morgan fingerprint density at radius 1 is 0.879 bits per heavy atom. The van der Waals surface area contributed by atoms with Crippen molar-refractivity contribution in [2.75, 3.05) is 13.2 Å². The molecule has 0 atom stereocenters. The zero-order chi connectivity index (χ0) is 23.7. The molecule has 1 amide bonds. The van der Waals surface area contributed by atoms with Crippen molar-refractivity contribution in [2.45, 2.75) is 17.9 Å². The molecule has 0 saturated heterocycles. The Kier molecular flexibility index (Phi) is 8.28. The highest BCUT2D eigenvalue weighted by Gasteiger charge is 2.17. The van der Waals surface area contributed by atoms with Crippen molar-refractivity contribution in [3.05, 3.63) is 101 Å². The van der Waals surface area contributed by atoms with Gasteiger partial charge in [-0.1, -0.05) is 48.5 Å². The number of amides is 1. The smallest absolute Gasteiger partial charge is 0.338 e. The quantitative estimate of drug-likeness (QED) is 0.444. The molecule has 0 fully saturated rings. The first kappa shape index (κ1) is 24.1. The highest BCUT2D eigenvalue weighted by atomic mass is 32.2. The van der Waals surface area contributed by atoms with Crippen molar-refractivity contribution in [2.24, 2.45) is 0 Å². The van der Waals surface area contributed by atoms with E-state index in [0.717, 1.165) is 11.1 Å². The van der Waals surface area contributed by atoms with Gasteiger partial charge in [0.1, 0.15) is 5.82 Å². The molecule has 0 aliphatic heterocycles. The lowest BCUT2D eigenvalue weighted by atomic mass is 10.1. The summed E-state index contributed by atoms with van der Waals surface area (Å²) in [6, 6.07) is 20.3. The van der Waals surface area contributed by atoms with E-state index in [0.29, 0.717) is 13.0 Å². The minimum atomic E-state index is -3.85. The summed E-state index contributed by atoms with van der Waals surface area (Å²) in [7, 11) is -3.85. The number of benzene rings is 3. The average molecular weight is 471 g/mol. The molecule has 33 heavy (non-hydrogen) atoms. The van der Waals surface area contributed by atoms with Gasteiger partial charge >= 0.3 is 5.97 Å². The molecule has 9 heteroatoms. The van der Waals surface area contributed by atoms with Crippen LogP contribution in [0.2, 0.25) is 0 Å². The first-order valence-electron chi connectivity index (χ1n) is 10.2. The Balaban J connectivity index is 1.49. The van der Waals surface area contributed by atoms with E-state index in [1.165, 1.54) is 36.4 Å². The fourth-order valence-electron chi connectivity index (χ4n) is 2.91. The number of sulfonamides is 1. The number of nitrogens with one attached hydrogen (secondary N) is 2. The Morgan fingerprint density at radius 2 is 1.61 bits per heavy atom. The molecular formula is C24H23FN2O5S. The molecule has 0 bridgehead atoms. The van der Waals surface area contributed by atoms with Crippen LogP contribution in [0.3, 0.4) is 0 Å². The number of halogens is 1. The van der Waals surface area contributed by atoms with Gasteiger partial charge in [-0.15, -0.1) is 0 Å². The summed E-state index contributed by atoms with van der Waals surface area (Å²) >= 11 is 0. The average Bonchev–Trinajstić information content (AvgIpc) is 2.83. The fourth-order valence-corrected chi connectivity index (χ4v) is 3.97. The first-order valence-corrected chi connectivity index (χ1v) is 11.6. The molecule has 0 unspecified atom stereocenters. The van der Waals surface area contributed by atoms with Crippen molar-refractivity contribution in [3.63, 3.8) is 0 Å². The first-order chi connectivity index (χ1) is 15.8. The Labute approximate surface area is 191 Å². The summed E-state index contributed by atoms with van der Waals surface area (Å²) in [5.74, 6) is -1.65. The van der Waals surface area contributed by atoms with Crippen LogP contribution in [0, 0.1) is 5.82 Å². The van der Waals surface area contributed by atoms with Crippen LogP contribution >= 0.6 is 0 Å². The van der Waals surface area contributed by atoms with Crippen molar-refractivity contribution in [3.8, 4) is 0 Å². The molecule has 0 saturated carbocycles. The van der Waals surface area contributed by atoms with E-state index >= 15 is 0 Å². The Hall–Kier alpha value is -3.56. The molecule has 3 aromatic carbocycles. The van der Waals surface area contributed by atoms with Crippen LogP contribution in [0.25, 0.3) is 0 Å². The predicted octanol–water partition coefficient (Wildman–Crippen LogP) is 2.82. The van der Waals surface area contributed by atoms with Gasteiger partial charge in [0.25, 0.3) is 5.91 Å². The van der Waals surface area contributed by atoms with E-state index in [1.54, 1.807) is 36.4 Å². The van der Waals surface area contributed by atoms with E-state index in [1.807, 2.05) is 6.07 Å². The van der Waals surface area contributed by atoms with Gasteiger partial charge in [0.05, 0.1) is 10.5 Å². The number of carbonyl (C=O) groups is 2. The zero-order valence-corrected chi connectivity index (χ0v) is 18.5. The summed E-state index contributed by atoms with van der Waals surface area (Å²) < 4.78 is 45.5. The second kappa shape index (κ2) is 11.3. The highest BCUT2D eigenvalue weighted by molar-refractivity contribution is 7.89. The summed E-state index contributed by atoms with van der Waals surface area (Å²) in [5, 5.41) is 2.60. The molecule has 3 aromatic rings. The lowest BCUT2D eigenvalue weighted by Gasteiger charge is -2.09. The van der Waals surface area contributed by atoms with Crippen LogP contribution in [-0.2, 0) is 32.5 Å². The number of hydrogen-bond acceptors (Lipinski definition) is 5. The Morgan fingerprint density at radius 3 is 2.33 bits per heavy atom. The van der Waals surface area contributed by atoms with Crippen LogP contribution in [0.15, 0.2) is 83.8 Å². The van der Waals surface area contributed by atoms with Gasteiger partial charge in [0, 0.05) is 13.1 Å². The minimum absolute atomic E-state index is 0.0108. The number of carbonyl (C=O) groups excluding carboxylic acids is 2. The topological polar surface area (TPSA) is 102 Å². The Bertz CT molecular complexity index is 1200. The molecule has 2 N–H and O–H groups in total. The molecular weight excluding hydrogens is 447 g/mol. The van der Waals surface area contributed by atoms with Gasteiger partial charge in [-0.2, -0.15) is 0 Å². The van der Waals surface area contributed by atoms with E-state index in [9.17, 15) is 22.4 Å². The van der Waals surface area contributed by atoms with Gasteiger partial charge in [-0.3, -0.25) is 4.79 Å². The maximum atomic E-state index is 12.9. The SMILES string of the molecule is O=C(COC(=O)c1cccc(S(=O)(=O)NCc2ccccc2)c1)NCCc1ccc(F)cc1. The zero-order valence-electron chi connectivity index (χ0n) is 17.7.